The van der Waals surface area contributed by atoms with E-state index in [1.165, 1.54) is 51.4 Å². The average Bonchev–Trinajstić information content (AvgIpc) is 2.92. The molecule has 0 aliphatic heterocycles. The number of ether oxygens (including phenoxy) is 3. The van der Waals surface area contributed by atoms with Crippen molar-refractivity contribution < 1.29 is 33.7 Å². The Hall–Kier alpha value is -2.67. The maximum Gasteiger partial charge on any atom is 0.339 e. The fourth-order valence-corrected chi connectivity index (χ4v) is 3.35. The van der Waals surface area contributed by atoms with Gasteiger partial charge in [0.05, 0.1) is 24.3 Å². The molecule has 0 fully saturated rings. The van der Waals surface area contributed by atoms with Crippen LogP contribution in [0.3, 0.4) is 0 Å². The normalized spacial score (nSPS) is 11.0. The standard InChI is InChI=1S/C24H38O4.C6H10O3/c1-3-5-7-9-11-15-19-27-23(25)21-17-13-14-18-22(21)24(26)28-20-16-12-10-8-6-4-2;1-3-5(7)9-6(8)4-2/h13-14,17-18H,3-12,15-16,19-20H2,1-2H3;3,6,8H,1,4H2,2H3. The zero-order valence-electron chi connectivity index (χ0n) is 23.2. The largest absolute Gasteiger partial charge is 0.462 e. The number of aliphatic hydroxyl groups is 1. The topological polar surface area (TPSA) is 99.1 Å². The van der Waals surface area contributed by atoms with E-state index in [0.717, 1.165) is 31.8 Å². The van der Waals surface area contributed by atoms with Gasteiger partial charge in [0.2, 0.25) is 6.29 Å². The summed E-state index contributed by atoms with van der Waals surface area (Å²) in [6, 6.07) is 6.74. The molecule has 0 amide bonds. The van der Waals surface area contributed by atoms with E-state index in [1.807, 2.05) is 0 Å². The zero-order valence-corrected chi connectivity index (χ0v) is 23.2. The fourth-order valence-electron chi connectivity index (χ4n) is 3.35. The summed E-state index contributed by atoms with van der Waals surface area (Å²) in [4.78, 5) is 35.0. The molecule has 0 spiro atoms. The SMILES string of the molecule is C=CC(=O)OC(O)CC.CCCCCCCCOC(=O)c1ccccc1C(=O)OCCCCCCCC. The van der Waals surface area contributed by atoms with Crippen LogP contribution in [0.2, 0.25) is 0 Å². The van der Waals surface area contributed by atoms with Crippen molar-refractivity contribution in [3.63, 3.8) is 0 Å². The third kappa shape index (κ3) is 18.3. The number of aliphatic hydroxyl groups excluding tert-OH is 1. The number of carbonyl (C=O) groups excluding carboxylic acids is 3. The van der Waals surface area contributed by atoms with Gasteiger partial charge >= 0.3 is 17.9 Å². The highest BCUT2D eigenvalue weighted by Crippen LogP contribution is 2.14. The summed E-state index contributed by atoms with van der Waals surface area (Å²) in [5, 5.41) is 8.67. The Labute approximate surface area is 223 Å². The molecule has 0 saturated carbocycles. The molecule has 0 saturated heterocycles. The van der Waals surface area contributed by atoms with Crippen LogP contribution in [0.25, 0.3) is 0 Å². The van der Waals surface area contributed by atoms with Gasteiger partial charge < -0.3 is 19.3 Å². The van der Waals surface area contributed by atoms with Gasteiger partial charge in [-0.25, -0.2) is 14.4 Å². The minimum absolute atomic E-state index is 0.293. The Kier molecular flexibility index (Phi) is 22.0. The van der Waals surface area contributed by atoms with Crippen molar-refractivity contribution in [3.05, 3.63) is 48.0 Å². The van der Waals surface area contributed by atoms with Gasteiger partial charge in [0.25, 0.3) is 0 Å². The number of hydrogen-bond acceptors (Lipinski definition) is 7. The lowest BCUT2D eigenvalue weighted by atomic mass is 10.1. The van der Waals surface area contributed by atoms with Crippen LogP contribution in [0.5, 0.6) is 0 Å². The van der Waals surface area contributed by atoms with E-state index in [9.17, 15) is 14.4 Å². The molecule has 1 unspecified atom stereocenters. The van der Waals surface area contributed by atoms with Gasteiger partial charge in [-0.2, -0.15) is 0 Å². The molecule has 37 heavy (non-hydrogen) atoms. The Morgan fingerprint density at radius 2 is 1.16 bits per heavy atom. The molecule has 0 bridgehead atoms. The van der Waals surface area contributed by atoms with Gasteiger partial charge in [0.1, 0.15) is 0 Å². The molecule has 1 aromatic carbocycles. The van der Waals surface area contributed by atoms with Crippen LogP contribution < -0.4 is 0 Å². The molecular formula is C30H48O7. The predicted octanol–water partition coefficient (Wildman–Crippen LogP) is 7.17. The lowest BCUT2D eigenvalue weighted by Gasteiger charge is -2.10. The van der Waals surface area contributed by atoms with E-state index in [1.54, 1.807) is 31.2 Å². The van der Waals surface area contributed by atoms with Crippen molar-refractivity contribution in [1.82, 2.24) is 0 Å². The molecule has 1 rings (SSSR count). The summed E-state index contributed by atoms with van der Waals surface area (Å²) in [7, 11) is 0. The Morgan fingerprint density at radius 3 is 1.54 bits per heavy atom. The quantitative estimate of drug-likeness (QED) is 0.0679. The van der Waals surface area contributed by atoms with E-state index >= 15 is 0 Å². The smallest absolute Gasteiger partial charge is 0.339 e. The third-order valence-corrected chi connectivity index (χ3v) is 5.60. The van der Waals surface area contributed by atoms with E-state index in [0.29, 0.717) is 30.8 Å². The second-order valence-electron chi connectivity index (χ2n) is 8.86. The van der Waals surface area contributed by atoms with E-state index in [2.05, 4.69) is 25.2 Å². The molecule has 0 aliphatic carbocycles. The van der Waals surface area contributed by atoms with E-state index in [-0.39, 0.29) is 0 Å². The van der Waals surface area contributed by atoms with Gasteiger partial charge in [-0.1, -0.05) is 104 Å². The average molecular weight is 521 g/mol. The third-order valence-electron chi connectivity index (χ3n) is 5.60. The van der Waals surface area contributed by atoms with Crippen LogP contribution in [-0.4, -0.2) is 42.5 Å². The van der Waals surface area contributed by atoms with Crippen molar-refractivity contribution in [2.45, 2.75) is 111 Å². The summed E-state index contributed by atoms with van der Waals surface area (Å²) in [5.41, 5.74) is 0.586. The first-order chi connectivity index (χ1) is 17.9. The summed E-state index contributed by atoms with van der Waals surface area (Å²) in [5.74, 6) is -1.48. The van der Waals surface area contributed by atoms with Gasteiger partial charge in [-0.05, 0) is 25.0 Å². The highest BCUT2D eigenvalue weighted by atomic mass is 16.6. The van der Waals surface area contributed by atoms with Crippen molar-refractivity contribution in [2.24, 2.45) is 0 Å². The highest BCUT2D eigenvalue weighted by Gasteiger charge is 2.18. The first kappa shape index (κ1) is 34.3. The zero-order chi connectivity index (χ0) is 27.7. The molecule has 0 heterocycles. The molecule has 1 atom stereocenters. The predicted molar refractivity (Wildman–Crippen MR) is 146 cm³/mol. The van der Waals surface area contributed by atoms with Crippen molar-refractivity contribution >= 4 is 17.9 Å². The second-order valence-corrected chi connectivity index (χ2v) is 8.86. The van der Waals surface area contributed by atoms with Gasteiger partial charge in [-0.3, -0.25) is 0 Å². The van der Waals surface area contributed by atoms with E-state index in [4.69, 9.17) is 14.6 Å². The number of carbonyl (C=O) groups is 3. The first-order valence-corrected chi connectivity index (χ1v) is 13.8. The number of unbranched alkanes of at least 4 members (excludes halogenated alkanes) is 10. The lowest BCUT2D eigenvalue weighted by Crippen LogP contribution is -2.15. The fraction of sp³-hybridized carbons (Fsp3) is 0.633. The second kappa shape index (κ2) is 23.7. The molecular weight excluding hydrogens is 472 g/mol. The number of rotatable bonds is 19. The molecule has 0 radical (unpaired) electrons. The van der Waals surface area contributed by atoms with Gasteiger partial charge in [0.15, 0.2) is 0 Å². The summed E-state index contributed by atoms with van der Waals surface area (Å²) < 4.78 is 15.1. The summed E-state index contributed by atoms with van der Waals surface area (Å²) in [6.45, 7) is 10.0. The Balaban J connectivity index is 0.00000122. The van der Waals surface area contributed by atoms with Crippen LogP contribution in [0, 0.1) is 0 Å². The van der Waals surface area contributed by atoms with Gasteiger partial charge in [-0.15, -0.1) is 0 Å². The maximum atomic E-state index is 12.4. The van der Waals surface area contributed by atoms with Crippen LogP contribution in [0.15, 0.2) is 36.9 Å². The first-order valence-electron chi connectivity index (χ1n) is 13.8. The van der Waals surface area contributed by atoms with Crippen LogP contribution >= 0.6 is 0 Å². The minimum atomic E-state index is -0.990. The van der Waals surface area contributed by atoms with Crippen molar-refractivity contribution in [1.29, 1.82) is 0 Å². The highest BCUT2D eigenvalue weighted by molar-refractivity contribution is 6.03. The lowest BCUT2D eigenvalue weighted by molar-refractivity contribution is -0.161. The number of esters is 3. The molecule has 0 aliphatic rings. The summed E-state index contributed by atoms with van der Waals surface area (Å²) in [6.07, 6.45) is 14.1. The minimum Gasteiger partial charge on any atom is -0.462 e. The van der Waals surface area contributed by atoms with Crippen molar-refractivity contribution in [3.8, 4) is 0 Å². The maximum absolute atomic E-state index is 12.4. The monoisotopic (exact) mass is 520 g/mol. The molecule has 1 N–H and O–H groups in total. The molecule has 0 aromatic heterocycles. The van der Waals surface area contributed by atoms with Gasteiger partial charge in [0, 0.05) is 12.5 Å². The molecule has 7 heteroatoms. The molecule has 1 aromatic rings. The Morgan fingerprint density at radius 1 is 0.757 bits per heavy atom. The van der Waals surface area contributed by atoms with Crippen molar-refractivity contribution in [2.75, 3.05) is 13.2 Å². The van der Waals surface area contributed by atoms with Crippen LogP contribution in [0.1, 0.15) is 125 Å². The van der Waals surface area contributed by atoms with Crippen LogP contribution in [-0.2, 0) is 19.0 Å². The summed E-state index contributed by atoms with van der Waals surface area (Å²) >= 11 is 0. The molecule has 210 valence electrons. The molecule has 7 nitrogen and oxygen atoms in total. The Bertz CT molecular complexity index is 711. The van der Waals surface area contributed by atoms with Crippen LogP contribution in [0.4, 0.5) is 0 Å². The number of benzene rings is 1. The van der Waals surface area contributed by atoms with E-state index < -0.39 is 24.2 Å². The number of hydrogen-bond donors (Lipinski definition) is 1.